The van der Waals surface area contributed by atoms with Crippen molar-refractivity contribution in [3.8, 4) is 11.5 Å². The molecule has 0 aromatic heterocycles. The number of likely N-dealkylation sites (tertiary alicyclic amines) is 1. The predicted molar refractivity (Wildman–Crippen MR) is 69.0 cm³/mol. The van der Waals surface area contributed by atoms with E-state index in [1.54, 1.807) is 14.2 Å². The molecule has 0 amide bonds. The third-order valence-electron chi connectivity index (χ3n) is 3.50. The summed E-state index contributed by atoms with van der Waals surface area (Å²) in [6.07, 6.45) is 2.48. The molecular formula is C14H21NO2. The van der Waals surface area contributed by atoms with E-state index in [0.29, 0.717) is 5.92 Å². The summed E-state index contributed by atoms with van der Waals surface area (Å²) >= 11 is 0. The van der Waals surface area contributed by atoms with Crippen LogP contribution in [0.3, 0.4) is 0 Å². The molecule has 0 radical (unpaired) electrons. The fourth-order valence-electron chi connectivity index (χ4n) is 2.58. The van der Waals surface area contributed by atoms with Gasteiger partial charge in [-0.3, -0.25) is 0 Å². The fraction of sp³-hybridized carbons (Fsp3) is 0.571. The molecule has 1 aromatic rings. The van der Waals surface area contributed by atoms with Gasteiger partial charge in [-0.05, 0) is 44.6 Å². The Morgan fingerprint density at radius 2 is 2.06 bits per heavy atom. The molecule has 0 spiro atoms. The Morgan fingerprint density at radius 3 is 2.71 bits per heavy atom. The van der Waals surface area contributed by atoms with Gasteiger partial charge in [0.2, 0.25) is 0 Å². The standard InChI is InChI=1S/C14H21NO2/c1-15-8-4-5-11(10-15)13-9-12(16-2)6-7-14(13)17-3/h6-7,9,11H,4-5,8,10H2,1-3H3. The van der Waals surface area contributed by atoms with E-state index in [1.165, 1.54) is 24.9 Å². The van der Waals surface area contributed by atoms with Gasteiger partial charge in [-0.25, -0.2) is 0 Å². The summed E-state index contributed by atoms with van der Waals surface area (Å²) < 4.78 is 10.8. The minimum Gasteiger partial charge on any atom is -0.497 e. The van der Waals surface area contributed by atoms with E-state index in [4.69, 9.17) is 9.47 Å². The largest absolute Gasteiger partial charge is 0.497 e. The predicted octanol–water partition coefficient (Wildman–Crippen LogP) is 2.51. The molecule has 1 fully saturated rings. The number of rotatable bonds is 3. The van der Waals surface area contributed by atoms with E-state index in [2.05, 4.69) is 18.0 Å². The topological polar surface area (TPSA) is 21.7 Å². The van der Waals surface area contributed by atoms with Crippen molar-refractivity contribution in [3.05, 3.63) is 23.8 Å². The van der Waals surface area contributed by atoms with Gasteiger partial charge in [-0.2, -0.15) is 0 Å². The first kappa shape index (κ1) is 12.2. The van der Waals surface area contributed by atoms with Crippen LogP contribution in [-0.4, -0.2) is 39.3 Å². The molecule has 17 heavy (non-hydrogen) atoms. The SMILES string of the molecule is COc1ccc(OC)c(C2CCCN(C)C2)c1. The zero-order chi connectivity index (χ0) is 12.3. The number of likely N-dealkylation sites (N-methyl/N-ethyl adjacent to an activating group) is 1. The Hall–Kier alpha value is -1.22. The van der Waals surface area contributed by atoms with Crippen LogP contribution in [0.15, 0.2) is 18.2 Å². The Balaban J connectivity index is 2.27. The minimum atomic E-state index is 0.554. The number of hydrogen-bond acceptors (Lipinski definition) is 3. The van der Waals surface area contributed by atoms with Crippen LogP contribution in [-0.2, 0) is 0 Å². The van der Waals surface area contributed by atoms with Crippen LogP contribution in [0.1, 0.15) is 24.3 Å². The van der Waals surface area contributed by atoms with Crippen molar-refractivity contribution >= 4 is 0 Å². The van der Waals surface area contributed by atoms with E-state index < -0.39 is 0 Å². The molecule has 1 heterocycles. The normalized spacial score (nSPS) is 21.2. The van der Waals surface area contributed by atoms with Crippen LogP contribution in [0, 0.1) is 0 Å². The third-order valence-corrected chi connectivity index (χ3v) is 3.50. The summed E-state index contributed by atoms with van der Waals surface area (Å²) in [5.74, 6) is 2.44. The first-order valence-electron chi connectivity index (χ1n) is 6.15. The lowest BCUT2D eigenvalue weighted by molar-refractivity contribution is 0.247. The highest BCUT2D eigenvalue weighted by atomic mass is 16.5. The second kappa shape index (κ2) is 5.41. The van der Waals surface area contributed by atoms with Crippen molar-refractivity contribution in [3.63, 3.8) is 0 Å². The molecule has 1 aromatic carbocycles. The van der Waals surface area contributed by atoms with Crippen LogP contribution >= 0.6 is 0 Å². The first-order valence-corrected chi connectivity index (χ1v) is 6.15. The van der Waals surface area contributed by atoms with Gasteiger partial charge in [0.05, 0.1) is 14.2 Å². The molecule has 94 valence electrons. The van der Waals surface area contributed by atoms with Gasteiger partial charge >= 0.3 is 0 Å². The van der Waals surface area contributed by atoms with E-state index >= 15 is 0 Å². The van der Waals surface area contributed by atoms with Gasteiger partial charge in [0.25, 0.3) is 0 Å². The fourth-order valence-corrected chi connectivity index (χ4v) is 2.58. The third kappa shape index (κ3) is 2.72. The minimum absolute atomic E-state index is 0.554. The molecule has 1 aliphatic rings. The van der Waals surface area contributed by atoms with Gasteiger partial charge in [0, 0.05) is 18.0 Å². The van der Waals surface area contributed by atoms with Gasteiger partial charge in [0.1, 0.15) is 11.5 Å². The summed E-state index contributed by atoms with van der Waals surface area (Å²) in [6, 6.07) is 6.07. The Labute approximate surface area is 103 Å². The van der Waals surface area contributed by atoms with Crippen LogP contribution < -0.4 is 9.47 Å². The van der Waals surface area contributed by atoms with Gasteiger partial charge in [0.15, 0.2) is 0 Å². The number of hydrogen-bond donors (Lipinski definition) is 0. The van der Waals surface area contributed by atoms with E-state index in [1.807, 2.05) is 12.1 Å². The number of piperidine rings is 1. The molecule has 0 N–H and O–H groups in total. The van der Waals surface area contributed by atoms with Crippen molar-refractivity contribution in [2.75, 3.05) is 34.4 Å². The summed E-state index contributed by atoms with van der Waals surface area (Å²) in [7, 11) is 5.62. The van der Waals surface area contributed by atoms with Gasteiger partial charge < -0.3 is 14.4 Å². The molecule has 0 saturated carbocycles. The molecule has 1 aliphatic heterocycles. The van der Waals surface area contributed by atoms with Crippen molar-refractivity contribution in [1.82, 2.24) is 4.90 Å². The molecule has 3 heteroatoms. The molecule has 0 aliphatic carbocycles. The molecule has 0 bridgehead atoms. The summed E-state index contributed by atoms with van der Waals surface area (Å²) in [5, 5.41) is 0. The quantitative estimate of drug-likeness (QED) is 0.803. The maximum Gasteiger partial charge on any atom is 0.122 e. The average Bonchev–Trinajstić information content (AvgIpc) is 2.38. The number of ether oxygens (including phenoxy) is 2. The highest BCUT2D eigenvalue weighted by molar-refractivity contribution is 5.42. The van der Waals surface area contributed by atoms with Crippen LogP contribution in [0.25, 0.3) is 0 Å². The number of methoxy groups -OCH3 is 2. The molecule has 1 saturated heterocycles. The summed E-state index contributed by atoms with van der Waals surface area (Å²) in [6.45, 7) is 2.30. The zero-order valence-corrected chi connectivity index (χ0v) is 10.9. The number of benzene rings is 1. The molecule has 1 atom stereocenters. The van der Waals surface area contributed by atoms with Crippen LogP contribution in [0.2, 0.25) is 0 Å². The Morgan fingerprint density at radius 1 is 1.24 bits per heavy atom. The second-order valence-electron chi connectivity index (χ2n) is 4.71. The molecule has 2 rings (SSSR count). The lowest BCUT2D eigenvalue weighted by Crippen LogP contribution is -2.31. The highest BCUT2D eigenvalue weighted by Gasteiger charge is 2.22. The summed E-state index contributed by atoms with van der Waals surface area (Å²) in [5.41, 5.74) is 1.28. The summed E-state index contributed by atoms with van der Waals surface area (Å²) in [4.78, 5) is 2.38. The monoisotopic (exact) mass is 235 g/mol. The van der Waals surface area contributed by atoms with E-state index in [-0.39, 0.29) is 0 Å². The van der Waals surface area contributed by atoms with Crippen LogP contribution in [0.4, 0.5) is 0 Å². The highest BCUT2D eigenvalue weighted by Crippen LogP contribution is 2.35. The lowest BCUT2D eigenvalue weighted by Gasteiger charge is -2.30. The molecular weight excluding hydrogens is 214 g/mol. The first-order chi connectivity index (χ1) is 8.24. The van der Waals surface area contributed by atoms with Crippen molar-refractivity contribution in [2.45, 2.75) is 18.8 Å². The van der Waals surface area contributed by atoms with Crippen molar-refractivity contribution in [2.24, 2.45) is 0 Å². The van der Waals surface area contributed by atoms with Crippen molar-refractivity contribution < 1.29 is 9.47 Å². The molecule has 1 unspecified atom stereocenters. The molecule has 3 nitrogen and oxygen atoms in total. The zero-order valence-electron chi connectivity index (χ0n) is 10.9. The average molecular weight is 235 g/mol. The van der Waals surface area contributed by atoms with Gasteiger partial charge in [-0.15, -0.1) is 0 Å². The Bertz CT molecular complexity index is 378. The van der Waals surface area contributed by atoms with Crippen LogP contribution in [0.5, 0.6) is 11.5 Å². The maximum atomic E-state index is 5.46. The Kier molecular flexibility index (Phi) is 3.89. The van der Waals surface area contributed by atoms with E-state index in [0.717, 1.165) is 18.0 Å². The number of nitrogens with zero attached hydrogens (tertiary/aromatic N) is 1. The van der Waals surface area contributed by atoms with E-state index in [9.17, 15) is 0 Å². The second-order valence-corrected chi connectivity index (χ2v) is 4.71. The lowest BCUT2D eigenvalue weighted by atomic mass is 9.90. The van der Waals surface area contributed by atoms with Crippen molar-refractivity contribution in [1.29, 1.82) is 0 Å². The van der Waals surface area contributed by atoms with Gasteiger partial charge in [-0.1, -0.05) is 0 Å². The smallest absolute Gasteiger partial charge is 0.122 e. The maximum absolute atomic E-state index is 5.46.